The van der Waals surface area contributed by atoms with Crippen LogP contribution in [0, 0.1) is 11.8 Å². The molecule has 3 heteroatoms. The number of esters is 1. The van der Waals surface area contributed by atoms with E-state index in [0.29, 0.717) is 12.0 Å². The molecule has 3 nitrogen and oxygen atoms in total. The number of aliphatic hydroxyl groups is 1. The third kappa shape index (κ3) is 2.41. The number of benzene rings is 1. The molecule has 0 aliphatic heterocycles. The van der Waals surface area contributed by atoms with Crippen molar-refractivity contribution in [3.63, 3.8) is 0 Å². The molecule has 0 saturated carbocycles. The molecule has 16 heavy (non-hydrogen) atoms. The van der Waals surface area contributed by atoms with Crippen LogP contribution in [0.2, 0.25) is 0 Å². The minimum absolute atomic E-state index is 0.419. The van der Waals surface area contributed by atoms with Crippen LogP contribution in [0.1, 0.15) is 18.9 Å². The summed E-state index contributed by atoms with van der Waals surface area (Å²) in [5.41, 5.74) is -1.45. The second-order valence-electron chi connectivity index (χ2n) is 3.22. The van der Waals surface area contributed by atoms with Crippen molar-refractivity contribution in [1.29, 1.82) is 0 Å². The van der Waals surface area contributed by atoms with Gasteiger partial charge in [-0.1, -0.05) is 49.1 Å². The van der Waals surface area contributed by atoms with Gasteiger partial charge in [0.1, 0.15) is 0 Å². The summed E-state index contributed by atoms with van der Waals surface area (Å²) in [5, 5.41) is 10.2. The summed E-state index contributed by atoms with van der Waals surface area (Å²) in [7, 11) is 1.23. The Morgan fingerprint density at radius 3 is 2.56 bits per heavy atom. The molecule has 0 fully saturated rings. The van der Waals surface area contributed by atoms with Gasteiger partial charge in [0.25, 0.3) is 0 Å². The molecule has 0 aliphatic carbocycles. The highest BCUT2D eigenvalue weighted by atomic mass is 16.5. The number of methoxy groups -OCH3 is 1. The number of hydrogen-bond acceptors (Lipinski definition) is 3. The van der Waals surface area contributed by atoms with E-state index < -0.39 is 11.6 Å². The van der Waals surface area contributed by atoms with Crippen molar-refractivity contribution in [1.82, 2.24) is 0 Å². The molecule has 0 amide bonds. The summed E-state index contributed by atoms with van der Waals surface area (Å²) in [6.07, 6.45) is 0.562. The van der Waals surface area contributed by atoms with Gasteiger partial charge in [-0.05, 0) is 0 Å². The predicted molar refractivity (Wildman–Crippen MR) is 60.4 cm³/mol. The van der Waals surface area contributed by atoms with E-state index in [-0.39, 0.29) is 0 Å². The number of ether oxygens (including phenoxy) is 1. The lowest BCUT2D eigenvalue weighted by Crippen LogP contribution is -2.35. The molecule has 0 aromatic heterocycles. The molecule has 1 aromatic carbocycles. The molecule has 0 bridgehead atoms. The molecule has 0 radical (unpaired) electrons. The SMILES string of the molecule is CCC#C[C@@](O)(C(=O)OC)c1ccccc1. The average molecular weight is 218 g/mol. The molecule has 1 atom stereocenters. The first-order valence-corrected chi connectivity index (χ1v) is 5.01. The van der Waals surface area contributed by atoms with E-state index in [4.69, 9.17) is 0 Å². The standard InChI is InChI=1S/C13H14O3/c1-3-4-10-13(15,12(14)16-2)11-8-6-5-7-9-11/h5-9,15H,3H2,1-2H3/t13-/m0/s1. The van der Waals surface area contributed by atoms with Crippen LogP contribution in [0.15, 0.2) is 30.3 Å². The van der Waals surface area contributed by atoms with Crippen molar-refractivity contribution < 1.29 is 14.6 Å². The summed E-state index contributed by atoms with van der Waals surface area (Å²) < 4.78 is 4.58. The fraction of sp³-hybridized carbons (Fsp3) is 0.308. The third-order valence-electron chi connectivity index (χ3n) is 2.12. The fourth-order valence-corrected chi connectivity index (χ4v) is 1.28. The van der Waals surface area contributed by atoms with Gasteiger partial charge in [-0.25, -0.2) is 4.79 Å². The summed E-state index contributed by atoms with van der Waals surface area (Å²) in [6, 6.07) is 8.55. The molecule has 1 rings (SSSR count). The van der Waals surface area contributed by atoms with Gasteiger partial charge < -0.3 is 9.84 Å². The molecule has 0 unspecified atom stereocenters. The van der Waals surface area contributed by atoms with Crippen molar-refractivity contribution >= 4 is 5.97 Å². The van der Waals surface area contributed by atoms with Crippen molar-refractivity contribution in [2.24, 2.45) is 0 Å². The van der Waals surface area contributed by atoms with E-state index in [1.165, 1.54) is 7.11 Å². The van der Waals surface area contributed by atoms with Gasteiger partial charge >= 0.3 is 5.97 Å². The van der Waals surface area contributed by atoms with Crippen LogP contribution in [0.3, 0.4) is 0 Å². The number of hydrogen-bond donors (Lipinski definition) is 1. The Morgan fingerprint density at radius 2 is 2.06 bits per heavy atom. The molecular weight excluding hydrogens is 204 g/mol. The Hall–Kier alpha value is -1.79. The Morgan fingerprint density at radius 1 is 1.44 bits per heavy atom. The molecule has 0 aliphatic rings. The molecule has 0 saturated heterocycles. The minimum Gasteiger partial charge on any atom is -0.466 e. The van der Waals surface area contributed by atoms with Crippen LogP contribution in [0.25, 0.3) is 0 Å². The molecule has 0 spiro atoms. The van der Waals surface area contributed by atoms with Gasteiger partial charge in [-0.3, -0.25) is 0 Å². The zero-order valence-electron chi connectivity index (χ0n) is 9.36. The summed E-state index contributed by atoms with van der Waals surface area (Å²) in [4.78, 5) is 11.6. The zero-order chi connectivity index (χ0) is 12.0. The number of rotatable bonds is 2. The largest absolute Gasteiger partial charge is 0.466 e. The molecular formula is C13H14O3. The van der Waals surface area contributed by atoms with E-state index in [9.17, 15) is 9.90 Å². The Labute approximate surface area is 95.1 Å². The monoisotopic (exact) mass is 218 g/mol. The lowest BCUT2D eigenvalue weighted by molar-refractivity contribution is -0.157. The lowest BCUT2D eigenvalue weighted by atomic mass is 9.94. The summed E-state index contributed by atoms with van der Waals surface area (Å²) >= 11 is 0. The first kappa shape index (κ1) is 12.3. The highest BCUT2D eigenvalue weighted by Crippen LogP contribution is 2.21. The first-order valence-electron chi connectivity index (χ1n) is 5.01. The maximum atomic E-state index is 11.6. The van der Waals surface area contributed by atoms with Crippen molar-refractivity contribution in [3.05, 3.63) is 35.9 Å². The normalized spacial score (nSPS) is 13.2. The molecule has 1 N–H and O–H groups in total. The van der Waals surface area contributed by atoms with Crippen LogP contribution in [0.5, 0.6) is 0 Å². The number of carbonyl (C=O) groups excluding carboxylic acids is 1. The summed E-state index contributed by atoms with van der Waals surface area (Å²) in [5.74, 6) is 4.48. The van der Waals surface area contributed by atoms with E-state index >= 15 is 0 Å². The quantitative estimate of drug-likeness (QED) is 0.604. The summed E-state index contributed by atoms with van der Waals surface area (Å²) in [6.45, 7) is 1.84. The van der Waals surface area contributed by atoms with Gasteiger partial charge in [0.2, 0.25) is 5.60 Å². The van der Waals surface area contributed by atoms with Gasteiger partial charge in [-0.2, -0.15) is 0 Å². The van der Waals surface area contributed by atoms with E-state index in [2.05, 4.69) is 16.6 Å². The zero-order valence-corrected chi connectivity index (χ0v) is 9.36. The Bertz CT molecular complexity index is 414. The first-order chi connectivity index (χ1) is 7.65. The van der Waals surface area contributed by atoms with E-state index in [1.54, 1.807) is 30.3 Å². The third-order valence-corrected chi connectivity index (χ3v) is 2.12. The smallest absolute Gasteiger partial charge is 0.355 e. The van der Waals surface area contributed by atoms with Crippen molar-refractivity contribution in [2.75, 3.05) is 7.11 Å². The number of carbonyl (C=O) groups is 1. The highest BCUT2D eigenvalue weighted by molar-refractivity contribution is 5.85. The Balaban J connectivity index is 3.20. The fourth-order valence-electron chi connectivity index (χ4n) is 1.28. The highest BCUT2D eigenvalue weighted by Gasteiger charge is 2.37. The van der Waals surface area contributed by atoms with Gasteiger partial charge in [0.05, 0.1) is 7.11 Å². The van der Waals surface area contributed by atoms with Crippen LogP contribution >= 0.6 is 0 Å². The maximum absolute atomic E-state index is 11.6. The lowest BCUT2D eigenvalue weighted by Gasteiger charge is -2.19. The van der Waals surface area contributed by atoms with Crippen LogP contribution in [0.4, 0.5) is 0 Å². The molecule has 1 aromatic rings. The minimum atomic E-state index is -1.87. The predicted octanol–water partition coefficient (Wildman–Crippen LogP) is 1.46. The van der Waals surface area contributed by atoms with Crippen molar-refractivity contribution in [2.45, 2.75) is 18.9 Å². The van der Waals surface area contributed by atoms with E-state index in [1.807, 2.05) is 6.92 Å². The molecule has 0 heterocycles. The van der Waals surface area contributed by atoms with Crippen LogP contribution in [-0.4, -0.2) is 18.2 Å². The van der Waals surface area contributed by atoms with Gasteiger partial charge in [0.15, 0.2) is 0 Å². The van der Waals surface area contributed by atoms with Gasteiger partial charge in [-0.15, -0.1) is 0 Å². The van der Waals surface area contributed by atoms with Crippen LogP contribution < -0.4 is 0 Å². The molecule has 84 valence electrons. The second-order valence-corrected chi connectivity index (χ2v) is 3.22. The van der Waals surface area contributed by atoms with Crippen molar-refractivity contribution in [3.8, 4) is 11.8 Å². The van der Waals surface area contributed by atoms with E-state index in [0.717, 1.165) is 0 Å². The topological polar surface area (TPSA) is 46.5 Å². The Kier molecular flexibility index (Phi) is 4.10. The van der Waals surface area contributed by atoms with Gasteiger partial charge in [0, 0.05) is 12.0 Å². The second kappa shape index (κ2) is 5.34. The van der Waals surface area contributed by atoms with Crippen LogP contribution in [-0.2, 0) is 15.1 Å². The maximum Gasteiger partial charge on any atom is 0.355 e. The average Bonchev–Trinajstić information content (AvgIpc) is 2.36.